The van der Waals surface area contributed by atoms with Crippen molar-refractivity contribution in [2.75, 3.05) is 11.6 Å². The number of hydrogen-bond donors (Lipinski definition) is 0. The van der Waals surface area contributed by atoms with Gasteiger partial charge in [-0.15, -0.1) is 0 Å². The molecular weight excluding hydrogens is 440 g/mol. The molecule has 0 N–H and O–H groups in total. The van der Waals surface area contributed by atoms with Crippen molar-refractivity contribution in [1.29, 1.82) is 0 Å². The molecule has 4 rings (SSSR count). The molecule has 0 aliphatic carbocycles. The van der Waals surface area contributed by atoms with Crippen LogP contribution < -0.4 is 5.01 Å². The van der Waals surface area contributed by atoms with E-state index in [0.29, 0.717) is 39.1 Å². The molecule has 6 nitrogen and oxygen atoms in total. The zero-order valence-electron chi connectivity index (χ0n) is 18.6. The number of benzene rings is 2. The molecule has 1 aliphatic rings. The lowest BCUT2D eigenvalue weighted by molar-refractivity contribution is -0.114. The average Bonchev–Trinajstić information content (AvgIpc) is 3.40. The molecule has 0 radical (unpaired) electrons. The van der Waals surface area contributed by atoms with E-state index < -0.39 is 5.97 Å². The van der Waals surface area contributed by atoms with E-state index in [0.717, 1.165) is 6.42 Å². The van der Waals surface area contributed by atoms with Gasteiger partial charge in [-0.05, 0) is 74.4 Å². The first-order chi connectivity index (χ1) is 15.9. The quantitative estimate of drug-likeness (QED) is 0.325. The van der Waals surface area contributed by atoms with Crippen molar-refractivity contribution in [2.24, 2.45) is 5.10 Å². The topological polar surface area (TPSA) is 72.1 Å². The summed E-state index contributed by atoms with van der Waals surface area (Å²) in [7, 11) is 0. The molecule has 1 aliphatic heterocycles. The highest BCUT2D eigenvalue weighted by Gasteiger charge is 2.29. The molecule has 33 heavy (non-hydrogen) atoms. The summed E-state index contributed by atoms with van der Waals surface area (Å²) in [6, 6.07) is 16.3. The van der Waals surface area contributed by atoms with E-state index in [2.05, 4.69) is 12.0 Å². The van der Waals surface area contributed by atoms with Crippen molar-refractivity contribution in [1.82, 2.24) is 0 Å². The maximum Gasteiger partial charge on any atom is 0.339 e. The Morgan fingerprint density at radius 3 is 2.58 bits per heavy atom. The van der Waals surface area contributed by atoms with Gasteiger partial charge in [-0.2, -0.15) is 10.1 Å². The minimum Gasteiger partial charge on any atom is -0.462 e. The molecule has 1 aromatic heterocycles. The van der Waals surface area contributed by atoms with Crippen LogP contribution in [0, 0.1) is 0 Å². The number of rotatable bonds is 6. The fourth-order valence-electron chi connectivity index (χ4n) is 3.50. The van der Waals surface area contributed by atoms with E-state index >= 15 is 0 Å². The zero-order chi connectivity index (χ0) is 23.5. The Bertz CT molecular complexity index is 1270. The van der Waals surface area contributed by atoms with Crippen LogP contribution in [0.5, 0.6) is 0 Å². The third-order valence-electron chi connectivity index (χ3n) is 5.31. The van der Waals surface area contributed by atoms with Crippen molar-refractivity contribution in [3.63, 3.8) is 0 Å². The second kappa shape index (κ2) is 9.46. The predicted molar refractivity (Wildman–Crippen MR) is 130 cm³/mol. The van der Waals surface area contributed by atoms with Crippen LogP contribution in [-0.2, 0) is 16.0 Å². The zero-order valence-corrected chi connectivity index (χ0v) is 19.3. The minimum absolute atomic E-state index is 0.217. The van der Waals surface area contributed by atoms with Crippen LogP contribution in [0.15, 0.2) is 69.7 Å². The molecule has 3 aromatic rings. The molecule has 168 valence electrons. The summed E-state index contributed by atoms with van der Waals surface area (Å²) in [5, 5.41) is 6.13. The molecule has 1 amide bonds. The molecule has 0 bridgehead atoms. The molecule has 0 fully saturated rings. The van der Waals surface area contributed by atoms with Gasteiger partial charge in [-0.3, -0.25) is 4.79 Å². The van der Waals surface area contributed by atoms with Gasteiger partial charge in [0.25, 0.3) is 5.91 Å². The van der Waals surface area contributed by atoms with E-state index in [-0.39, 0.29) is 18.1 Å². The Kier molecular flexibility index (Phi) is 6.47. The lowest BCUT2D eigenvalue weighted by Gasteiger charge is -2.12. The molecule has 0 spiro atoms. The maximum absolute atomic E-state index is 13.0. The van der Waals surface area contributed by atoms with Crippen LogP contribution in [0.1, 0.15) is 42.5 Å². The Morgan fingerprint density at radius 2 is 1.88 bits per heavy atom. The highest BCUT2D eigenvalue weighted by molar-refractivity contribution is 6.33. The number of hydrazone groups is 1. The number of aryl methyl sites for hydroxylation is 1. The third kappa shape index (κ3) is 4.61. The number of amides is 1. The van der Waals surface area contributed by atoms with Gasteiger partial charge in [0.1, 0.15) is 11.5 Å². The summed E-state index contributed by atoms with van der Waals surface area (Å²) in [6.45, 7) is 5.86. The fraction of sp³-hybridized carbons (Fsp3) is 0.192. The predicted octanol–water partition coefficient (Wildman–Crippen LogP) is 6.15. The normalized spacial score (nSPS) is 14.7. The summed E-state index contributed by atoms with van der Waals surface area (Å²) < 4.78 is 11.0. The third-order valence-corrected chi connectivity index (χ3v) is 5.64. The van der Waals surface area contributed by atoms with E-state index in [1.54, 1.807) is 50.3 Å². The largest absolute Gasteiger partial charge is 0.462 e. The standard InChI is InChI=1S/C26H23ClN2O4/c1-4-17-6-9-19(10-7-17)29-25(30)21(16(3)28-29)15-20-11-13-24(33-20)18-8-12-23(27)22(14-18)26(31)32-5-2/h6-15H,4-5H2,1-3H3. The van der Waals surface area contributed by atoms with Crippen LogP contribution in [0.4, 0.5) is 5.69 Å². The first-order valence-electron chi connectivity index (χ1n) is 10.7. The fourth-order valence-corrected chi connectivity index (χ4v) is 3.70. The summed E-state index contributed by atoms with van der Waals surface area (Å²) in [5.74, 6) is 0.328. The summed E-state index contributed by atoms with van der Waals surface area (Å²) in [4.78, 5) is 25.1. The Hall–Kier alpha value is -3.64. The van der Waals surface area contributed by atoms with Crippen LogP contribution in [-0.4, -0.2) is 24.2 Å². The number of carbonyl (C=O) groups is 2. The molecule has 2 heterocycles. The van der Waals surface area contributed by atoms with Crippen LogP contribution in [0.3, 0.4) is 0 Å². The smallest absolute Gasteiger partial charge is 0.339 e. The minimum atomic E-state index is -0.492. The second-order valence-electron chi connectivity index (χ2n) is 7.50. The van der Waals surface area contributed by atoms with Crippen molar-refractivity contribution in [3.8, 4) is 11.3 Å². The van der Waals surface area contributed by atoms with Crippen molar-refractivity contribution in [3.05, 3.63) is 82.1 Å². The molecule has 7 heteroatoms. The average molecular weight is 463 g/mol. The first-order valence-corrected chi connectivity index (χ1v) is 11.1. The van der Waals surface area contributed by atoms with E-state index in [1.165, 1.54) is 10.6 Å². The summed E-state index contributed by atoms with van der Waals surface area (Å²) >= 11 is 6.15. The van der Waals surface area contributed by atoms with Gasteiger partial charge in [-0.25, -0.2) is 4.79 Å². The van der Waals surface area contributed by atoms with E-state index in [1.807, 2.05) is 24.3 Å². The Balaban J connectivity index is 1.59. The second-order valence-corrected chi connectivity index (χ2v) is 7.90. The van der Waals surface area contributed by atoms with E-state index in [9.17, 15) is 9.59 Å². The van der Waals surface area contributed by atoms with Crippen molar-refractivity contribution in [2.45, 2.75) is 27.2 Å². The highest BCUT2D eigenvalue weighted by atomic mass is 35.5. The van der Waals surface area contributed by atoms with E-state index in [4.69, 9.17) is 20.8 Å². The Labute approximate surface area is 197 Å². The summed E-state index contributed by atoms with van der Waals surface area (Å²) in [5.41, 5.74) is 3.91. The number of anilines is 1. The molecule has 0 saturated carbocycles. The number of carbonyl (C=O) groups excluding carboxylic acids is 2. The van der Waals surface area contributed by atoms with Crippen molar-refractivity contribution < 1.29 is 18.7 Å². The molecule has 0 unspecified atom stereocenters. The van der Waals surface area contributed by atoms with Gasteiger partial charge in [-0.1, -0.05) is 30.7 Å². The lowest BCUT2D eigenvalue weighted by atomic mass is 10.1. The van der Waals surface area contributed by atoms with Gasteiger partial charge in [0.05, 0.1) is 34.2 Å². The number of ether oxygens (including phenoxy) is 1. The monoisotopic (exact) mass is 462 g/mol. The van der Waals surface area contributed by atoms with Crippen LogP contribution in [0.25, 0.3) is 17.4 Å². The van der Waals surface area contributed by atoms with Crippen LogP contribution in [0.2, 0.25) is 5.02 Å². The van der Waals surface area contributed by atoms with Gasteiger partial charge < -0.3 is 9.15 Å². The van der Waals surface area contributed by atoms with Gasteiger partial charge >= 0.3 is 5.97 Å². The number of furan rings is 1. The molecule has 2 aromatic carbocycles. The number of halogens is 1. The van der Waals surface area contributed by atoms with Crippen molar-refractivity contribution >= 4 is 41.0 Å². The first kappa shape index (κ1) is 22.6. The molecule has 0 saturated heterocycles. The summed E-state index contributed by atoms with van der Waals surface area (Å²) in [6.07, 6.45) is 2.60. The van der Waals surface area contributed by atoms with Gasteiger partial charge in [0, 0.05) is 5.56 Å². The maximum atomic E-state index is 13.0. The molecule has 0 atom stereocenters. The van der Waals surface area contributed by atoms with Gasteiger partial charge in [0.15, 0.2) is 0 Å². The number of nitrogens with zero attached hydrogens (tertiary/aromatic N) is 2. The highest BCUT2D eigenvalue weighted by Crippen LogP contribution is 2.30. The van der Waals surface area contributed by atoms with Gasteiger partial charge in [0.2, 0.25) is 0 Å². The Morgan fingerprint density at radius 1 is 1.12 bits per heavy atom. The van der Waals surface area contributed by atoms with Crippen LogP contribution >= 0.6 is 11.6 Å². The number of hydrogen-bond acceptors (Lipinski definition) is 5. The number of esters is 1. The SMILES string of the molecule is CCOC(=O)c1cc(-c2ccc(C=C3C(=O)N(c4ccc(CC)cc4)N=C3C)o2)ccc1Cl. The lowest BCUT2D eigenvalue weighted by Crippen LogP contribution is -2.21. The molecular formula is C26H23ClN2O4.